The molecule has 9 heteroatoms. The van der Waals surface area contributed by atoms with E-state index in [0.29, 0.717) is 24.2 Å². The van der Waals surface area contributed by atoms with Crippen molar-refractivity contribution in [3.05, 3.63) is 54.1 Å². The molecule has 1 aliphatic rings. The summed E-state index contributed by atoms with van der Waals surface area (Å²) in [5, 5.41) is 20.6. The summed E-state index contributed by atoms with van der Waals surface area (Å²) in [5.74, 6) is -1.12. The van der Waals surface area contributed by atoms with E-state index in [4.69, 9.17) is 0 Å². The summed E-state index contributed by atoms with van der Waals surface area (Å²) in [6, 6.07) is 12.6. The molecule has 0 saturated carbocycles. The highest BCUT2D eigenvalue weighted by molar-refractivity contribution is 7.89. The Morgan fingerprint density at radius 3 is 2.21 bits per heavy atom. The first kappa shape index (κ1) is 20.1. The highest BCUT2D eigenvalue weighted by Crippen LogP contribution is 2.28. The number of carbonyl (C=O) groups is 1. The topological polar surface area (TPSA) is 111 Å². The van der Waals surface area contributed by atoms with Crippen LogP contribution >= 0.6 is 0 Å². The Kier molecular flexibility index (Phi) is 6.18. The van der Waals surface area contributed by atoms with Crippen molar-refractivity contribution in [1.29, 1.82) is 0 Å². The second kappa shape index (κ2) is 8.59. The number of nitrogens with zero attached hydrogens (tertiary/aromatic N) is 3. The lowest BCUT2D eigenvalue weighted by Crippen LogP contribution is -2.40. The van der Waals surface area contributed by atoms with Gasteiger partial charge in [0.25, 0.3) is 0 Å². The van der Waals surface area contributed by atoms with E-state index in [1.54, 1.807) is 12.1 Å². The van der Waals surface area contributed by atoms with Crippen LogP contribution in [0.25, 0.3) is 0 Å². The first-order valence-corrected chi connectivity index (χ1v) is 10.4. The van der Waals surface area contributed by atoms with Crippen LogP contribution in [0.15, 0.2) is 63.7 Å². The van der Waals surface area contributed by atoms with Crippen molar-refractivity contribution in [3.8, 4) is 0 Å². The van der Waals surface area contributed by atoms with Crippen molar-refractivity contribution in [1.82, 2.24) is 9.62 Å². The summed E-state index contributed by atoms with van der Waals surface area (Å²) in [6.07, 6.45) is 0.865. The molecular formula is C19H22N4O4S. The summed E-state index contributed by atoms with van der Waals surface area (Å²) in [7, 11) is -1.97. The van der Waals surface area contributed by atoms with Gasteiger partial charge in [-0.2, -0.15) is 14.5 Å². The molecule has 1 fully saturated rings. The van der Waals surface area contributed by atoms with Crippen LogP contribution in [0.5, 0.6) is 0 Å². The Bertz CT molecular complexity index is 956. The van der Waals surface area contributed by atoms with E-state index in [1.807, 2.05) is 31.3 Å². The lowest BCUT2D eigenvalue weighted by atomic mass is 10.2. The van der Waals surface area contributed by atoms with Gasteiger partial charge < -0.3 is 10.4 Å². The molecule has 3 rings (SSSR count). The van der Waals surface area contributed by atoms with E-state index in [0.717, 1.165) is 16.4 Å². The van der Waals surface area contributed by atoms with Crippen LogP contribution in [0, 0.1) is 0 Å². The molecular weight excluding hydrogens is 380 g/mol. The molecule has 8 nitrogen and oxygen atoms in total. The van der Waals surface area contributed by atoms with Crippen molar-refractivity contribution in [2.45, 2.75) is 30.3 Å². The van der Waals surface area contributed by atoms with Gasteiger partial charge >= 0.3 is 5.97 Å². The van der Waals surface area contributed by atoms with Gasteiger partial charge in [0.15, 0.2) is 0 Å². The molecule has 0 amide bonds. The molecule has 0 radical (unpaired) electrons. The Hall–Kier alpha value is -2.62. The standard InChI is InChI=1S/C19H22N4O4S/c1-20-13-14-4-6-15(7-5-14)21-22-16-8-10-17(11-9-16)28(26,27)23-12-2-3-18(23)19(24)25/h4-11,18,20H,2-3,12-13H2,1H3,(H,24,25)/t18-/m0/s1. The summed E-state index contributed by atoms with van der Waals surface area (Å²) in [6.45, 7) is 0.984. The monoisotopic (exact) mass is 402 g/mol. The molecule has 0 unspecified atom stereocenters. The summed E-state index contributed by atoms with van der Waals surface area (Å²) in [4.78, 5) is 11.3. The van der Waals surface area contributed by atoms with Crippen LogP contribution in [0.1, 0.15) is 18.4 Å². The minimum Gasteiger partial charge on any atom is -0.480 e. The van der Waals surface area contributed by atoms with Gasteiger partial charge in [0.1, 0.15) is 6.04 Å². The summed E-state index contributed by atoms with van der Waals surface area (Å²) < 4.78 is 26.5. The zero-order chi connectivity index (χ0) is 20.1. The molecule has 0 aliphatic carbocycles. The Labute approximate surface area is 164 Å². The fourth-order valence-corrected chi connectivity index (χ4v) is 4.75. The predicted molar refractivity (Wildman–Crippen MR) is 104 cm³/mol. The van der Waals surface area contributed by atoms with Crippen molar-refractivity contribution < 1.29 is 18.3 Å². The summed E-state index contributed by atoms with van der Waals surface area (Å²) in [5.41, 5.74) is 2.34. The van der Waals surface area contributed by atoms with Crippen molar-refractivity contribution in [2.75, 3.05) is 13.6 Å². The number of aliphatic carboxylic acids is 1. The molecule has 0 aromatic heterocycles. The van der Waals surface area contributed by atoms with Crippen LogP contribution in [-0.4, -0.2) is 43.4 Å². The molecule has 2 aromatic rings. The maximum absolute atomic E-state index is 12.7. The first-order valence-electron chi connectivity index (χ1n) is 8.92. The minimum atomic E-state index is -3.85. The number of hydrogen-bond donors (Lipinski definition) is 2. The predicted octanol–water partition coefficient (Wildman–Crippen LogP) is 3.06. The number of carboxylic acid groups (broad SMARTS) is 1. The fourth-order valence-electron chi connectivity index (χ4n) is 3.09. The third kappa shape index (κ3) is 4.44. The molecule has 1 heterocycles. The van der Waals surface area contributed by atoms with E-state index in [-0.39, 0.29) is 11.4 Å². The van der Waals surface area contributed by atoms with E-state index in [9.17, 15) is 18.3 Å². The largest absolute Gasteiger partial charge is 0.480 e. The van der Waals surface area contributed by atoms with Gasteiger partial charge in [-0.3, -0.25) is 4.79 Å². The van der Waals surface area contributed by atoms with Crippen LogP contribution in [0.4, 0.5) is 11.4 Å². The van der Waals surface area contributed by atoms with Crippen LogP contribution in [0.2, 0.25) is 0 Å². The van der Waals surface area contributed by atoms with Gasteiger partial charge in [-0.15, -0.1) is 0 Å². The van der Waals surface area contributed by atoms with Crippen LogP contribution in [-0.2, 0) is 21.4 Å². The molecule has 1 aliphatic heterocycles. The van der Waals surface area contributed by atoms with E-state index in [1.165, 1.54) is 12.1 Å². The number of azo groups is 1. The summed E-state index contributed by atoms with van der Waals surface area (Å²) >= 11 is 0. The fraction of sp³-hybridized carbons (Fsp3) is 0.316. The molecule has 1 saturated heterocycles. The van der Waals surface area contributed by atoms with Gasteiger partial charge in [-0.05, 0) is 61.9 Å². The molecule has 0 bridgehead atoms. The Morgan fingerprint density at radius 1 is 1.11 bits per heavy atom. The first-order chi connectivity index (χ1) is 13.4. The smallest absolute Gasteiger partial charge is 0.322 e. The maximum Gasteiger partial charge on any atom is 0.322 e. The second-order valence-electron chi connectivity index (χ2n) is 6.50. The average molecular weight is 402 g/mol. The molecule has 1 atom stereocenters. The number of nitrogens with one attached hydrogen (secondary N) is 1. The number of rotatable bonds is 7. The molecule has 148 valence electrons. The highest BCUT2D eigenvalue weighted by Gasteiger charge is 2.39. The third-order valence-corrected chi connectivity index (χ3v) is 6.45. The zero-order valence-electron chi connectivity index (χ0n) is 15.4. The van der Waals surface area contributed by atoms with Gasteiger partial charge in [-0.1, -0.05) is 12.1 Å². The van der Waals surface area contributed by atoms with Gasteiger partial charge in [0, 0.05) is 13.1 Å². The third-order valence-electron chi connectivity index (χ3n) is 4.53. The minimum absolute atomic E-state index is 0.0519. The number of benzene rings is 2. The van der Waals surface area contributed by atoms with Crippen LogP contribution < -0.4 is 5.32 Å². The Balaban J connectivity index is 1.73. The van der Waals surface area contributed by atoms with Crippen molar-refractivity contribution in [3.63, 3.8) is 0 Å². The Morgan fingerprint density at radius 2 is 1.68 bits per heavy atom. The van der Waals surface area contributed by atoms with E-state index < -0.39 is 22.0 Å². The molecule has 28 heavy (non-hydrogen) atoms. The molecule has 0 spiro atoms. The lowest BCUT2D eigenvalue weighted by Gasteiger charge is -2.20. The number of hydrogen-bond acceptors (Lipinski definition) is 6. The van der Waals surface area contributed by atoms with Crippen LogP contribution in [0.3, 0.4) is 0 Å². The lowest BCUT2D eigenvalue weighted by molar-refractivity contribution is -0.140. The van der Waals surface area contributed by atoms with Crippen molar-refractivity contribution >= 4 is 27.4 Å². The van der Waals surface area contributed by atoms with Gasteiger partial charge in [0.2, 0.25) is 10.0 Å². The molecule has 2 aromatic carbocycles. The second-order valence-corrected chi connectivity index (χ2v) is 8.39. The van der Waals surface area contributed by atoms with E-state index in [2.05, 4.69) is 15.5 Å². The maximum atomic E-state index is 12.7. The highest BCUT2D eigenvalue weighted by atomic mass is 32.2. The SMILES string of the molecule is CNCc1ccc(N=Nc2ccc(S(=O)(=O)N3CCC[C@H]3C(=O)O)cc2)cc1. The van der Waals surface area contributed by atoms with Gasteiger partial charge in [-0.25, -0.2) is 8.42 Å². The zero-order valence-corrected chi connectivity index (χ0v) is 16.3. The quantitative estimate of drug-likeness (QED) is 0.692. The van der Waals surface area contributed by atoms with E-state index >= 15 is 0 Å². The number of sulfonamides is 1. The normalized spacial score (nSPS) is 18.0. The molecule has 2 N–H and O–H groups in total. The average Bonchev–Trinajstić information content (AvgIpc) is 3.19. The number of carboxylic acids is 1. The van der Waals surface area contributed by atoms with Gasteiger partial charge in [0.05, 0.1) is 16.3 Å². The van der Waals surface area contributed by atoms with Crippen molar-refractivity contribution in [2.24, 2.45) is 10.2 Å².